The molecule has 74 valence electrons. The summed E-state index contributed by atoms with van der Waals surface area (Å²) in [5.41, 5.74) is 0.537. The Bertz CT molecular complexity index is 207. The minimum Gasteiger partial charge on any atom is -0.308 e. The molecule has 3 rings (SSSR count). The van der Waals surface area contributed by atoms with Gasteiger partial charge in [0, 0.05) is 11.6 Å². The van der Waals surface area contributed by atoms with Gasteiger partial charge in [0.05, 0.1) is 0 Å². The molecule has 0 aromatic heterocycles. The maximum absolute atomic E-state index is 3.92. The first kappa shape index (κ1) is 8.28. The van der Waals surface area contributed by atoms with E-state index in [1.807, 2.05) is 0 Å². The largest absolute Gasteiger partial charge is 0.308 e. The second-order valence-electron chi connectivity index (χ2n) is 5.76. The SMILES string of the molecule is CC1(NC2CCC[C@H]3C[C@@H]23)CCC1. The van der Waals surface area contributed by atoms with Gasteiger partial charge in [0.25, 0.3) is 0 Å². The minimum atomic E-state index is 0.537. The standard InChI is InChI=1S/C12H21N/c1-12(6-3-7-12)13-11-5-2-4-9-8-10(9)11/h9-11,13H,2-8H2,1H3/t9-,10+,11?/m0/s1. The van der Waals surface area contributed by atoms with Crippen LogP contribution in [0.5, 0.6) is 0 Å². The van der Waals surface area contributed by atoms with Gasteiger partial charge in [0.15, 0.2) is 0 Å². The van der Waals surface area contributed by atoms with Gasteiger partial charge in [-0.3, -0.25) is 0 Å². The van der Waals surface area contributed by atoms with E-state index in [1.54, 1.807) is 0 Å². The smallest absolute Gasteiger partial charge is 0.0156 e. The number of hydrogen-bond acceptors (Lipinski definition) is 1. The van der Waals surface area contributed by atoms with Crippen LogP contribution in [0.15, 0.2) is 0 Å². The molecular formula is C12H21N. The van der Waals surface area contributed by atoms with Crippen molar-refractivity contribution < 1.29 is 0 Å². The summed E-state index contributed by atoms with van der Waals surface area (Å²) in [7, 11) is 0. The highest BCUT2D eigenvalue weighted by Gasteiger charge is 2.47. The number of fused-ring (bicyclic) bond motifs is 1. The Morgan fingerprint density at radius 3 is 2.69 bits per heavy atom. The van der Waals surface area contributed by atoms with Crippen LogP contribution in [-0.2, 0) is 0 Å². The van der Waals surface area contributed by atoms with Crippen LogP contribution in [-0.4, -0.2) is 11.6 Å². The van der Waals surface area contributed by atoms with Crippen molar-refractivity contribution in [3.63, 3.8) is 0 Å². The van der Waals surface area contributed by atoms with Gasteiger partial charge in [-0.2, -0.15) is 0 Å². The molecular weight excluding hydrogens is 158 g/mol. The molecule has 0 aromatic carbocycles. The molecule has 0 spiro atoms. The maximum Gasteiger partial charge on any atom is 0.0156 e. The first-order valence-electron chi connectivity index (χ1n) is 6.05. The van der Waals surface area contributed by atoms with Gasteiger partial charge in [-0.25, -0.2) is 0 Å². The monoisotopic (exact) mass is 179 g/mol. The second kappa shape index (κ2) is 2.73. The molecule has 1 nitrogen and oxygen atoms in total. The molecule has 0 heterocycles. The summed E-state index contributed by atoms with van der Waals surface area (Å²) < 4.78 is 0. The first-order chi connectivity index (χ1) is 6.27. The van der Waals surface area contributed by atoms with Crippen molar-refractivity contribution in [1.82, 2.24) is 5.32 Å². The third-order valence-corrected chi connectivity index (χ3v) is 4.58. The van der Waals surface area contributed by atoms with Crippen molar-refractivity contribution in [2.45, 2.75) is 63.5 Å². The molecule has 1 N–H and O–H groups in total. The van der Waals surface area contributed by atoms with Crippen LogP contribution in [0, 0.1) is 11.8 Å². The summed E-state index contributed by atoms with van der Waals surface area (Å²) in [6.45, 7) is 2.42. The Morgan fingerprint density at radius 1 is 1.15 bits per heavy atom. The predicted octanol–water partition coefficient (Wildman–Crippen LogP) is 2.71. The fraction of sp³-hybridized carbons (Fsp3) is 1.00. The van der Waals surface area contributed by atoms with E-state index in [4.69, 9.17) is 0 Å². The summed E-state index contributed by atoms with van der Waals surface area (Å²) >= 11 is 0. The summed E-state index contributed by atoms with van der Waals surface area (Å²) in [5, 5.41) is 3.92. The molecule has 3 saturated carbocycles. The molecule has 3 aliphatic carbocycles. The summed E-state index contributed by atoms with van der Waals surface area (Å²) in [6.07, 6.45) is 10.3. The summed E-state index contributed by atoms with van der Waals surface area (Å²) in [4.78, 5) is 0. The van der Waals surface area contributed by atoms with Crippen LogP contribution in [0.3, 0.4) is 0 Å². The number of hydrogen-bond donors (Lipinski definition) is 1. The average Bonchev–Trinajstić information content (AvgIpc) is 2.81. The zero-order valence-electron chi connectivity index (χ0n) is 8.68. The van der Waals surface area contributed by atoms with E-state index >= 15 is 0 Å². The van der Waals surface area contributed by atoms with E-state index in [1.165, 1.54) is 44.9 Å². The first-order valence-corrected chi connectivity index (χ1v) is 6.05. The van der Waals surface area contributed by atoms with E-state index in [0.717, 1.165) is 17.9 Å². The topological polar surface area (TPSA) is 12.0 Å². The highest BCUT2D eigenvalue weighted by atomic mass is 15.0. The van der Waals surface area contributed by atoms with Gasteiger partial charge in [-0.15, -0.1) is 0 Å². The second-order valence-corrected chi connectivity index (χ2v) is 5.76. The Morgan fingerprint density at radius 2 is 2.00 bits per heavy atom. The van der Waals surface area contributed by atoms with Gasteiger partial charge in [-0.05, 0) is 50.9 Å². The lowest BCUT2D eigenvalue weighted by atomic mass is 9.77. The molecule has 3 aliphatic rings. The number of nitrogens with one attached hydrogen (secondary N) is 1. The molecule has 0 radical (unpaired) electrons. The van der Waals surface area contributed by atoms with Crippen molar-refractivity contribution in [3.05, 3.63) is 0 Å². The van der Waals surface area contributed by atoms with Crippen molar-refractivity contribution in [2.75, 3.05) is 0 Å². The fourth-order valence-electron chi connectivity index (χ4n) is 3.39. The predicted molar refractivity (Wildman–Crippen MR) is 54.6 cm³/mol. The van der Waals surface area contributed by atoms with Crippen molar-refractivity contribution in [1.29, 1.82) is 0 Å². The molecule has 0 amide bonds. The quantitative estimate of drug-likeness (QED) is 0.687. The molecule has 0 saturated heterocycles. The van der Waals surface area contributed by atoms with Crippen molar-refractivity contribution >= 4 is 0 Å². The molecule has 0 bridgehead atoms. The lowest BCUT2D eigenvalue weighted by molar-refractivity contribution is 0.162. The third kappa shape index (κ3) is 1.41. The molecule has 1 unspecified atom stereocenters. The Kier molecular flexibility index (Phi) is 1.74. The lowest BCUT2D eigenvalue weighted by Crippen LogP contribution is -2.54. The van der Waals surface area contributed by atoms with E-state index in [-0.39, 0.29) is 0 Å². The van der Waals surface area contributed by atoms with Crippen LogP contribution in [0.2, 0.25) is 0 Å². The Balaban J connectivity index is 1.59. The average molecular weight is 179 g/mol. The summed E-state index contributed by atoms with van der Waals surface area (Å²) in [5.74, 6) is 2.20. The fourth-order valence-corrected chi connectivity index (χ4v) is 3.39. The zero-order chi connectivity index (χ0) is 8.89. The lowest BCUT2D eigenvalue weighted by Gasteiger charge is -2.43. The summed E-state index contributed by atoms with van der Waals surface area (Å²) in [6, 6.07) is 0.893. The van der Waals surface area contributed by atoms with Gasteiger partial charge >= 0.3 is 0 Å². The van der Waals surface area contributed by atoms with Gasteiger partial charge < -0.3 is 5.32 Å². The van der Waals surface area contributed by atoms with Crippen LogP contribution >= 0.6 is 0 Å². The Hall–Kier alpha value is -0.0400. The third-order valence-electron chi connectivity index (χ3n) is 4.58. The van der Waals surface area contributed by atoms with Crippen LogP contribution < -0.4 is 5.32 Å². The van der Waals surface area contributed by atoms with Crippen LogP contribution in [0.4, 0.5) is 0 Å². The maximum atomic E-state index is 3.92. The Labute approximate surface area is 81.3 Å². The highest BCUT2D eigenvalue weighted by molar-refractivity contribution is 5.03. The number of rotatable bonds is 2. The minimum absolute atomic E-state index is 0.537. The van der Waals surface area contributed by atoms with Crippen molar-refractivity contribution in [3.8, 4) is 0 Å². The molecule has 0 aromatic rings. The highest BCUT2D eigenvalue weighted by Crippen LogP contribution is 2.50. The van der Waals surface area contributed by atoms with Crippen LogP contribution in [0.25, 0.3) is 0 Å². The van der Waals surface area contributed by atoms with Gasteiger partial charge in [0.1, 0.15) is 0 Å². The molecule has 13 heavy (non-hydrogen) atoms. The molecule has 3 atom stereocenters. The van der Waals surface area contributed by atoms with E-state index in [9.17, 15) is 0 Å². The molecule has 1 heteroatoms. The van der Waals surface area contributed by atoms with E-state index < -0.39 is 0 Å². The van der Waals surface area contributed by atoms with E-state index in [0.29, 0.717) is 5.54 Å². The normalized spacial score (nSPS) is 46.4. The molecule has 0 aliphatic heterocycles. The van der Waals surface area contributed by atoms with Gasteiger partial charge in [-0.1, -0.05) is 12.8 Å². The van der Waals surface area contributed by atoms with Crippen molar-refractivity contribution in [2.24, 2.45) is 11.8 Å². The van der Waals surface area contributed by atoms with Crippen LogP contribution in [0.1, 0.15) is 51.9 Å². The molecule has 3 fully saturated rings. The van der Waals surface area contributed by atoms with E-state index in [2.05, 4.69) is 12.2 Å². The van der Waals surface area contributed by atoms with Gasteiger partial charge in [0.2, 0.25) is 0 Å². The zero-order valence-corrected chi connectivity index (χ0v) is 8.68.